The van der Waals surface area contributed by atoms with Crippen LogP contribution >= 0.6 is 0 Å². The molecule has 146 valence electrons. The average Bonchev–Trinajstić information content (AvgIpc) is 3.12. The van der Waals surface area contributed by atoms with Gasteiger partial charge in [0.25, 0.3) is 5.91 Å². The number of aromatic nitrogens is 3. The van der Waals surface area contributed by atoms with Gasteiger partial charge in [0, 0.05) is 50.9 Å². The van der Waals surface area contributed by atoms with Crippen LogP contribution in [0.2, 0.25) is 0 Å². The van der Waals surface area contributed by atoms with Gasteiger partial charge in [-0.05, 0) is 43.4 Å². The monoisotopic (exact) mass is 377 g/mol. The molecule has 0 spiro atoms. The average molecular weight is 377 g/mol. The maximum atomic E-state index is 13.1. The highest BCUT2D eigenvalue weighted by Gasteiger charge is 2.28. The van der Waals surface area contributed by atoms with Crippen molar-refractivity contribution in [3.8, 4) is 0 Å². The summed E-state index contributed by atoms with van der Waals surface area (Å²) in [6, 6.07) is 12.6. The number of nitrogens with zero attached hydrogens (tertiary/aromatic N) is 5. The van der Waals surface area contributed by atoms with E-state index in [4.69, 9.17) is 0 Å². The summed E-state index contributed by atoms with van der Waals surface area (Å²) in [6.45, 7) is 4.66. The molecule has 1 aromatic carbocycles. The lowest BCUT2D eigenvalue weighted by molar-refractivity contribution is 0.0704. The van der Waals surface area contributed by atoms with Crippen LogP contribution in [0.5, 0.6) is 0 Å². The van der Waals surface area contributed by atoms with Crippen molar-refractivity contribution in [1.29, 1.82) is 0 Å². The van der Waals surface area contributed by atoms with E-state index in [1.54, 1.807) is 6.20 Å². The van der Waals surface area contributed by atoms with Gasteiger partial charge in [-0.25, -0.2) is 0 Å². The molecule has 1 saturated heterocycles. The van der Waals surface area contributed by atoms with Crippen LogP contribution in [0.4, 0.5) is 5.82 Å². The fourth-order valence-corrected chi connectivity index (χ4v) is 4.20. The van der Waals surface area contributed by atoms with E-state index in [2.05, 4.69) is 52.0 Å². The zero-order chi connectivity index (χ0) is 19.7. The lowest BCUT2D eigenvalue weighted by atomic mass is 9.94. The van der Waals surface area contributed by atoms with Crippen molar-refractivity contribution in [2.45, 2.75) is 32.2 Å². The smallest absolute Gasteiger partial charge is 0.255 e. The van der Waals surface area contributed by atoms with Gasteiger partial charge >= 0.3 is 0 Å². The molecule has 0 N–H and O–H groups in total. The lowest BCUT2D eigenvalue weighted by Gasteiger charge is -2.33. The molecule has 6 heteroatoms. The molecular weight excluding hydrogens is 350 g/mol. The summed E-state index contributed by atoms with van der Waals surface area (Å²) in [6.07, 6.45) is 3.69. The van der Waals surface area contributed by atoms with Gasteiger partial charge in [0.05, 0.1) is 11.8 Å². The van der Waals surface area contributed by atoms with Gasteiger partial charge in [0.2, 0.25) is 0 Å². The third-order valence-corrected chi connectivity index (χ3v) is 5.63. The van der Waals surface area contributed by atoms with E-state index in [1.165, 1.54) is 16.6 Å². The largest absolute Gasteiger partial charge is 0.361 e. The Morgan fingerprint density at radius 2 is 2.07 bits per heavy atom. The van der Waals surface area contributed by atoms with E-state index < -0.39 is 0 Å². The van der Waals surface area contributed by atoms with Gasteiger partial charge in [-0.1, -0.05) is 18.2 Å². The molecule has 1 fully saturated rings. The van der Waals surface area contributed by atoms with Crippen LogP contribution in [-0.4, -0.2) is 52.8 Å². The van der Waals surface area contributed by atoms with Crippen molar-refractivity contribution in [3.63, 3.8) is 0 Å². The highest BCUT2D eigenvalue weighted by Crippen LogP contribution is 2.32. The lowest BCUT2D eigenvalue weighted by Crippen LogP contribution is -2.39. The van der Waals surface area contributed by atoms with Crippen molar-refractivity contribution in [2.75, 3.05) is 32.1 Å². The van der Waals surface area contributed by atoms with Crippen LogP contribution in [0.15, 0.2) is 42.6 Å². The van der Waals surface area contributed by atoms with Gasteiger partial charge in [-0.3, -0.25) is 4.79 Å². The molecule has 3 heterocycles. The molecular formula is C22H27N5O. The molecule has 2 aromatic heterocycles. The van der Waals surface area contributed by atoms with Crippen molar-refractivity contribution in [1.82, 2.24) is 19.7 Å². The number of piperidine rings is 1. The third kappa shape index (κ3) is 3.35. The molecule has 28 heavy (non-hydrogen) atoms. The van der Waals surface area contributed by atoms with E-state index in [9.17, 15) is 4.79 Å². The second kappa shape index (κ2) is 7.62. The fourth-order valence-electron chi connectivity index (χ4n) is 4.20. The number of likely N-dealkylation sites (tertiary alicyclic amines) is 1. The number of anilines is 1. The number of aryl methyl sites for hydroxylation is 1. The third-order valence-electron chi connectivity index (χ3n) is 5.63. The second-order valence-electron chi connectivity index (χ2n) is 7.66. The standard InChI is InChI=1S/C22H27N5O/c1-4-27-19-10-6-5-8-16(19)12-20(27)17-9-7-11-26(15-17)22(28)18-13-21(25(2)3)24-23-14-18/h5-6,8,10,12-14,17H,4,7,9,11,15H2,1-3H3. The topological polar surface area (TPSA) is 54.3 Å². The zero-order valence-electron chi connectivity index (χ0n) is 16.8. The quantitative estimate of drug-likeness (QED) is 0.698. The summed E-state index contributed by atoms with van der Waals surface area (Å²) in [5, 5.41) is 9.36. The normalized spacial score (nSPS) is 17.1. The van der Waals surface area contributed by atoms with Crippen LogP contribution in [0.25, 0.3) is 10.9 Å². The highest BCUT2D eigenvalue weighted by atomic mass is 16.2. The summed E-state index contributed by atoms with van der Waals surface area (Å²) in [4.78, 5) is 16.9. The molecule has 4 rings (SSSR count). The number of fused-ring (bicyclic) bond motifs is 1. The number of carbonyl (C=O) groups excluding carboxylic acids is 1. The Hall–Kier alpha value is -2.89. The fraction of sp³-hybridized carbons (Fsp3) is 0.409. The van der Waals surface area contributed by atoms with Crippen LogP contribution in [0, 0.1) is 0 Å². The SMILES string of the molecule is CCn1c(C2CCCN(C(=O)c3cnnc(N(C)C)c3)C2)cc2ccccc21. The van der Waals surface area contributed by atoms with Gasteiger partial charge in [-0.15, -0.1) is 5.10 Å². The predicted octanol–water partition coefficient (Wildman–Crippen LogP) is 3.54. The van der Waals surface area contributed by atoms with E-state index in [0.717, 1.165) is 32.5 Å². The summed E-state index contributed by atoms with van der Waals surface area (Å²) in [5.41, 5.74) is 3.22. The molecule has 1 atom stereocenters. The molecule has 0 aliphatic carbocycles. The number of hydrogen-bond donors (Lipinski definition) is 0. The van der Waals surface area contributed by atoms with Crippen molar-refractivity contribution in [2.24, 2.45) is 0 Å². The molecule has 1 unspecified atom stereocenters. The molecule has 6 nitrogen and oxygen atoms in total. The van der Waals surface area contributed by atoms with Crippen LogP contribution in [0.1, 0.15) is 41.7 Å². The molecule has 1 aliphatic rings. The first kappa shape index (κ1) is 18.5. The first-order valence-corrected chi connectivity index (χ1v) is 9.96. The Labute approximate surface area is 165 Å². The Morgan fingerprint density at radius 1 is 1.25 bits per heavy atom. The molecule has 0 radical (unpaired) electrons. The first-order valence-electron chi connectivity index (χ1n) is 9.96. The minimum absolute atomic E-state index is 0.0434. The summed E-state index contributed by atoms with van der Waals surface area (Å²) in [5.74, 6) is 1.10. The first-order chi connectivity index (χ1) is 13.6. The van der Waals surface area contributed by atoms with Crippen LogP contribution < -0.4 is 4.90 Å². The second-order valence-corrected chi connectivity index (χ2v) is 7.66. The number of carbonyl (C=O) groups is 1. The highest BCUT2D eigenvalue weighted by molar-refractivity contribution is 5.94. The summed E-state index contributed by atoms with van der Waals surface area (Å²) >= 11 is 0. The Kier molecular flexibility index (Phi) is 5.03. The summed E-state index contributed by atoms with van der Waals surface area (Å²) < 4.78 is 2.39. The molecule has 1 aliphatic heterocycles. The number of benzene rings is 1. The number of para-hydroxylation sites is 1. The van der Waals surface area contributed by atoms with E-state index in [-0.39, 0.29) is 5.91 Å². The molecule has 0 saturated carbocycles. The van der Waals surface area contributed by atoms with Gasteiger partial charge < -0.3 is 14.4 Å². The Balaban J connectivity index is 1.60. The number of rotatable bonds is 4. The van der Waals surface area contributed by atoms with Crippen molar-refractivity contribution in [3.05, 3.63) is 53.9 Å². The van der Waals surface area contributed by atoms with Crippen molar-refractivity contribution >= 4 is 22.6 Å². The van der Waals surface area contributed by atoms with E-state index in [0.29, 0.717) is 17.3 Å². The van der Waals surface area contributed by atoms with Crippen LogP contribution in [-0.2, 0) is 6.54 Å². The molecule has 3 aromatic rings. The Bertz CT molecular complexity index is 994. The maximum Gasteiger partial charge on any atom is 0.255 e. The molecule has 1 amide bonds. The number of hydrogen-bond acceptors (Lipinski definition) is 4. The minimum atomic E-state index is 0.0434. The Morgan fingerprint density at radius 3 is 2.86 bits per heavy atom. The predicted molar refractivity (Wildman–Crippen MR) is 112 cm³/mol. The van der Waals surface area contributed by atoms with Gasteiger partial charge in [-0.2, -0.15) is 5.10 Å². The van der Waals surface area contributed by atoms with E-state index >= 15 is 0 Å². The molecule has 0 bridgehead atoms. The van der Waals surface area contributed by atoms with Crippen LogP contribution in [0.3, 0.4) is 0 Å². The maximum absolute atomic E-state index is 13.1. The van der Waals surface area contributed by atoms with Gasteiger partial charge in [0.1, 0.15) is 0 Å². The minimum Gasteiger partial charge on any atom is -0.361 e. The van der Waals surface area contributed by atoms with Gasteiger partial charge in [0.15, 0.2) is 5.82 Å². The van der Waals surface area contributed by atoms with E-state index in [1.807, 2.05) is 30.0 Å². The van der Waals surface area contributed by atoms with Crippen molar-refractivity contribution < 1.29 is 4.79 Å². The zero-order valence-corrected chi connectivity index (χ0v) is 16.8. The summed E-state index contributed by atoms with van der Waals surface area (Å²) in [7, 11) is 3.80. The number of amides is 1.